The van der Waals surface area contributed by atoms with Crippen molar-refractivity contribution in [1.29, 1.82) is 10.5 Å². The highest BCUT2D eigenvalue weighted by Gasteiger charge is 2.21. The maximum Gasteiger partial charge on any atom is 0.264 e. The van der Waals surface area contributed by atoms with Crippen LogP contribution in [0.5, 0.6) is 0 Å². The summed E-state index contributed by atoms with van der Waals surface area (Å²) in [5.41, 5.74) is 7.81. The van der Waals surface area contributed by atoms with Crippen molar-refractivity contribution < 1.29 is 18.0 Å². The van der Waals surface area contributed by atoms with E-state index in [4.69, 9.17) is 5.73 Å². The number of nitrogens with one attached hydrogen (secondary N) is 2. The number of thioether (sulfide) groups is 1. The molecule has 10 nitrogen and oxygen atoms in total. The van der Waals surface area contributed by atoms with Crippen molar-refractivity contribution in [2.24, 2.45) is 0 Å². The van der Waals surface area contributed by atoms with E-state index in [2.05, 4.69) is 16.4 Å². The van der Waals surface area contributed by atoms with Crippen molar-refractivity contribution >= 4 is 56.4 Å². The zero-order valence-electron chi connectivity index (χ0n) is 18.2. The molecule has 0 aliphatic carbocycles. The first-order chi connectivity index (χ1) is 16.7. The summed E-state index contributed by atoms with van der Waals surface area (Å²) in [6.07, 6.45) is 0.0663. The number of rotatable bonds is 8. The van der Waals surface area contributed by atoms with Crippen molar-refractivity contribution in [2.45, 2.75) is 23.3 Å². The number of nitrogens with two attached hydrogens (primary N) is 1. The van der Waals surface area contributed by atoms with Gasteiger partial charge in [0.15, 0.2) is 0 Å². The van der Waals surface area contributed by atoms with Crippen LogP contribution in [0.15, 0.2) is 51.0 Å². The number of nitriles is 2. The van der Waals surface area contributed by atoms with Crippen molar-refractivity contribution in [2.75, 3.05) is 16.8 Å². The number of anilines is 2. The molecule has 0 bridgehead atoms. The molecule has 0 atom stereocenters. The van der Waals surface area contributed by atoms with Crippen LogP contribution in [0.4, 0.5) is 11.5 Å². The minimum Gasteiger partial charge on any atom is -0.383 e. The Hall–Kier alpha value is -3.91. The van der Waals surface area contributed by atoms with Crippen molar-refractivity contribution in [3.63, 3.8) is 0 Å². The zero-order valence-corrected chi connectivity index (χ0v) is 20.7. The number of aromatic nitrogens is 1. The number of carbonyl (C=O) groups is 2. The average molecular weight is 527 g/mol. The standard InChI is InChI=1S/C22H18N6O4S3/c1-13(29)28-35(31,32)16-4-2-15(3-5-16)26-19(30)7-9-34-22-18(11-24)20(14-6-8-33-12-14)17(10-23)21(25)27-22/h2-6,8,12H,7,9H2,1H3,(H2,25,27)(H,26,30)(H,28,29). The molecule has 0 spiro atoms. The molecule has 0 aliphatic heterocycles. The van der Waals surface area contributed by atoms with Gasteiger partial charge in [-0.15, -0.1) is 11.8 Å². The van der Waals surface area contributed by atoms with Crippen molar-refractivity contribution in [3.8, 4) is 23.3 Å². The number of carbonyl (C=O) groups excluding carboxylic acids is 2. The van der Waals surface area contributed by atoms with Gasteiger partial charge in [0.05, 0.1) is 10.5 Å². The molecule has 13 heteroatoms. The van der Waals surface area contributed by atoms with Gasteiger partial charge >= 0.3 is 0 Å². The van der Waals surface area contributed by atoms with Gasteiger partial charge in [0.25, 0.3) is 10.0 Å². The molecule has 2 aromatic heterocycles. The number of benzene rings is 1. The van der Waals surface area contributed by atoms with Gasteiger partial charge in [-0.3, -0.25) is 9.59 Å². The molecule has 2 amide bonds. The Kier molecular flexibility index (Phi) is 8.09. The van der Waals surface area contributed by atoms with E-state index in [0.29, 0.717) is 21.8 Å². The Morgan fingerprint density at radius 3 is 2.40 bits per heavy atom. The van der Waals surface area contributed by atoms with Gasteiger partial charge < -0.3 is 11.1 Å². The molecule has 0 unspecified atom stereocenters. The Labute approximate surface area is 209 Å². The van der Waals surface area contributed by atoms with Crippen LogP contribution in [0.1, 0.15) is 24.5 Å². The van der Waals surface area contributed by atoms with Gasteiger partial charge in [0.1, 0.15) is 28.5 Å². The van der Waals surface area contributed by atoms with E-state index in [0.717, 1.165) is 6.92 Å². The third kappa shape index (κ3) is 6.16. The lowest BCUT2D eigenvalue weighted by atomic mass is 9.99. The topological polar surface area (TPSA) is 179 Å². The molecule has 35 heavy (non-hydrogen) atoms. The van der Waals surface area contributed by atoms with Gasteiger partial charge in [-0.25, -0.2) is 18.1 Å². The van der Waals surface area contributed by atoms with E-state index in [1.54, 1.807) is 6.07 Å². The molecule has 0 saturated carbocycles. The van der Waals surface area contributed by atoms with Gasteiger partial charge in [0, 0.05) is 30.3 Å². The van der Waals surface area contributed by atoms with E-state index in [-0.39, 0.29) is 39.9 Å². The highest BCUT2D eigenvalue weighted by atomic mass is 32.2. The molecule has 0 saturated heterocycles. The first kappa shape index (κ1) is 25.7. The van der Waals surface area contributed by atoms with E-state index >= 15 is 0 Å². The number of sulfonamides is 1. The molecule has 3 rings (SSSR count). The third-order valence-electron chi connectivity index (χ3n) is 4.52. The number of pyridine rings is 1. The van der Waals surface area contributed by atoms with Crippen LogP contribution in [-0.4, -0.2) is 31.0 Å². The van der Waals surface area contributed by atoms with E-state index < -0.39 is 15.9 Å². The fourth-order valence-electron chi connectivity index (χ4n) is 3.03. The lowest BCUT2D eigenvalue weighted by molar-refractivity contribution is -0.117. The molecule has 0 radical (unpaired) electrons. The average Bonchev–Trinajstić information content (AvgIpc) is 3.33. The quantitative estimate of drug-likeness (QED) is 0.372. The number of amides is 2. The molecule has 0 aliphatic rings. The highest BCUT2D eigenvalue weighted by Crippen LogP contribution is 2.36. The van der Waals surface area contributed by atoms with Crippen LogP contribution < -0.4 is 15.8 Å². The lowest BCUT2D eigenvalue weighted by Crippen LogP contribution is -2.28. The fraction of sp³-hybridized carbons (Fsp3) is 0.136. The molecule has 4 N–H and O–H groups in total. The van der Waals surface area contributed by atoms with Crippen LogP contribution in [0.2, 0.25) is 0 Å². The summed E-state index contributed by atoms with van der Waals surface area (Å²) in [6.45, 7) is 1.09. The van der Waals surface area contributed by atoms with Crippen molar-refractivity contribution in [3.05, 3.63) is 52.2 Å². The van der Waals surface area contributed by atoms with E-state index in [1.165, 1.54) is 47.4 Å². The van der Waals surface area contributed by atoms with Gasteiger partial charge in [-0.2, -0.15) is 21.9 Å². The number of thiophene rings is 1. The normalized spacial score (nSPS) is 10.7. The smallest absolute Gasteiger partial charge is 0.264 e. The summed E-state index contributed by atoms with van der Waals surface area (Å²) < 4.78 is 25.8. The van der Waals surface area contributed by atoms with Gasteiger partial charge in [-0.05, 0) is 46.7 Å². The second-order valence-corrected chi connectivity index (χ2v) is 10.5. The Bertz CT molecular complexity index is 1450. The number of nitrogen functional groups attached to an aromatic ring is 1. The molecule has 3 aromatic rings. The second-order valence-electron chi connectivity index (χ2n) is 7.00. The molecule has 178 valence electrons. The lowest BCUT2D eigenvalue weighted by Gasteiger charge is -2.12. The summed E-state index contributed by atoms with van der Waals surface area (Å²) in [6, 6.07) is 11.2. The molecular weight excluding hydrogens is 508 g/mol. The number of hydrogen-bond donors (Lipinski definition) is 3. The first-order valence-electron chi connectivity index (χ1n) is 9.88. The maximum atomic E-state index is 12.4. The Morgan fingerprint density at radius 1 is 1.14 bits per heavy atom. The van der Waals surface area contributed by atoms with Crippen LogP contribution in [-0.2, 0) is 19.6 Å². The van der Waals surface area contributed by atoms with E-state index in [1.807, 2.05) is 21.6 Å². The predicted octanol–water partition coefficient (Wildman–Crippen LogP) is 3.08. The summed E-state index contributed by atoms with van der Waals surface area (Å²) in [5.74, 6) is -0.765. The molecule has 1 aromatic carbocycles. The summed E-state index contributed by atoms with van der Waals surface area (Å²) >= 11 is 2.59. The summed E-state index contributed by atoms with van der Waals surface area (Å²) in [4.78, 5) is 27.5. The van der Waals surface area contributed by atoms with Crippen LogP contribution in [0, 0.1) is 22.7 Å². The molecule has 2 heterocycles. The number of nitrogens with zero attached hydrogens (tertiary/aromatic N) is 3. The minimum atomic E-state index is -3.96. The third-order valence-corrected chi connectivity index (χ3v) is 7.63. The maximum absolute atomic E-state index is 12.4. The number of hydrogen-bond acceptors (Lipinski definition) is 10. The van der Waals surface area contributed by atoms with Crippen molar-refractivity contribution in [1.82, 2.24) is 9.71 Å². The minimum absolute atomic E-state index is 0.00829. The van der Waals surface area contributed by atoms with Crippen LogP contribution in [0.25, 0.3) is 11.1 Å². The Morgan fingerprint density at radius 2 is 1.83 bits per heavy atom. The second kappa shape index (κ2) is 11.0. The largest absolute Gasteiger partial charge is 0.383 e. The Balaban J connectivity index is 1.68. The van der Waals surface area contributed by atoms with Crippen LogP contribution >= 0.6 is 23.1 Å². The molecular formula is C22H18N6O4S3. The summed E-state index contributed by atoms with van der Waals surface area (Å²) in [5, 5.41) is 25.9. The first-order valence-corrected chi connectivity index (χ1v) is 13.3. The van der Waals surface area contributed by atoms with Gasteiger partial charge in [0.2, 0.25) is 11.8 Å². The predicted molar refractivity (Wildman–Crippen MR) is 133 cm³/mol. The summed E-state index contributed by atoms with van der Waals surface area (Å²) in [7, 11) is -3.96. The fourth-order valence-corrected chi connectivity index (χ4v) is 5.60. The SMILES string of the molecule is CC(=O)NS(=O)(=O)c1ccc(NC(=O)CCSc2nc(N)c(C#N)c(-c3ccsc3)c2C#N)cc1. The monoisotopic (exact) mass is 526 g/mol. The van der Waals surface area contributed by atoms with Gasteiger partial charge in [-0.1, -0.05) is 0 Å². The highest BCUT2D eigenvalue weighted by molar-refractivity contribution is 7.99. The zero-order chi connectivity index (χ0) is 25.6. The van der Waals surface area contributed by atoms with E-state index in [9.17, 15) is 28.5 Å². The molecule has 0 fully saturated rings. The van der Waals surface area contributed by atoms with Crippen LogP contribution in [0.3, 0.4) is 0 Å².